The number of aliphatic imine (C=N–C) groups is 1. The van der Waals surface area contributed by atoms with Crippen LogP contribution in [0.25, 0.3) is 0 Å². The Labute approximate surface area is 155 Å². The Bertz CT molecular complexity index is 402. The summed E-state index contributed by atoms with van der Waals surface area (Å²) in [5.41, 5.74) is 0. The van der Waals surface area contributed by atoms with Crippen LogP contribution in [0, 0.1) is 5.92 Å². The van der Waals surface area contributed by atoms with Gasteiger partial charge in [-0.3, -0.25) is 9.79 Å². The van der Waals surface area contributed by atoms with Crippen molar-refractivity contribution in [3.05, 3.63) is 0 Å². The number of hydrogen-bond acceptors (Lipinski definition) is 5. The third-order valence-corrected chi connectivity index (χ3v) is 4.15. The van der Waals surface area contributed by atoms with Crippen molar-refractivity contribution in [2.45, 2.75) is 32.0 Å². The first kappa shape index (κ1) is 20.4. The van der Waals surface area contributed by atoms with Gasteiger partial charge < -0.3 is 24.4 Å². The highest BCUT2D eigenvalue weighted by Crippen LogP contribution is 2.21. The number of nitrogens with zero attached hydrogens (tertiary/aromatic N) is 2. The fourth-order valence-electron chi connectivity index (χ4n) is 2.85. The summed E-state index contributed by atoms with van der Waals surface area (Å²) in [7, 11) is 3.16. The highest BCUT2D eigenvalue weighted by molar-refractivity contribution is 14.0. The second kappa shape index (κ2) is 10.3. The van der Waals surface area contributed by atoms with Crippen LogP contribution in [0.2, 0.25) is 0 Å². The molecule has 2 rings (SSSR count). The van der Waals surface area contributed by atoms with Crippen molar-refractivity contribution in [2.24, 2.45) is 10.9 Å². The van der Waals surface area contributed by atoms with Gasteiger partial charge in [0, 0.05) is 33.3 Å². The Morgan fingerprint density at radius 1 is 1.39 bits per heavy atom. The van der Waals surface area contributed by atoms with E-state index in [1.54, 1.807) is 7.05 Å². The zero-order valence-corrected chi connectivity index (χ0v) is 16.4. The van der Waals surface area contributed by atoms with E-state index < -0.39 is 0 Å². The summed E-state index contributed by atoms with van der Waals surface area (Å²) in [5, 5.41) is 3.24. The monoisotopic (exact) mass is 441 g/mol. The molecule has 134 valence electrons. The lowest BCUT2D eigenvalue weighted by Crippen LogP contribution is -2.54. The van der Waals surface area contributed by atoms with E-state index in [2.05, 4.69) is 15.2 Å². The molecule has 0 aromatic carbocycles. The van der Waals surface area contributed by atoms with Gasteiger partial charge in [-0.2, -0.15) is 0 Å². The van der Waals surface area contributed by atoms with Gasteiger partial charge in [-0.15, -0.1) is 24.0 Å². The summed E-state index contributed by atoms with van der Waals surface area (Å²) >= 11 is 0. The van der Waals surface area contributed by atoms with E-state index in [1.165, 1.54) is 7.11 Å². The van der Waals surface area contributed by atoms with Crippen LogP contribution in [0.4, 0.5) is 0 Å². The van der Waals surface area contributed by atoms with Crippen LogP contribution < -0.4 is 5.32 Å². The molecule has 1 N–H and O–H groups in total. The first-order valence-electron chi connectivity index (χ1n) is 7.92. The van der Waals surface area contributed by atoms with Gasteiger partial charge in [0.1, 0.15) is 6.10 Å². The summed E-state index contributed by atoms with van der Waals surface area (Å²) in [5.74, 6) is 0.362. The quantitative estimate of drug-likeness (QED) is 0.302. The van der Waals surface area contributed by atoms with E-state index in [1.807, 2.05) is 6.92 Å². The van der Waals surface area contributed by atoms with Gasteiger partial charge in [-0.05, 0) is 12.8 Å². The number of guanidine groups is 1. The van der Waals surface area contributed by atoms with Gasteiger partial charge in [0.2, 0.25) is 0 Å². The van der Waals surface area contributed by atoms with E-state index >= 15 is 0 Å². The number of morpholine rings is 1. The molecule has 8 heteroatoms. The summed E-state index contributed by atoms with van der Waals surface area (Å²) in [4.78, 5) is 17.9. The van der Waals surface area contributed by atoms with E-state index in [9.17, 15) is 4.79 Å². The highest BCUT2D eigenvalue weighted by atomic mass is 127. The molecule has 3 unspecified atom stereocenters. The van der Waals surface area contributed by atoms with Gasteiger partial charge in [0.25, 0.3) is 0 Å². The molecule has 2 fully saturated rings. The molecule has 3 atom stereocenters. The number of ether oxygens (including phenoxy) is 3. The maximum atomic E-state index is 11.5. The molecule has 0 aromatic heterocycles. The number of rotatable bonds is 4. The normalized spacial score (nSPS) is 26.4. The maximum absolute atomic E-state index is 11.5. The summed E-state index contributed by atoms with van der Waals surface area (Å²) in [6, 6.07) is 0. The molecular weight excluding hydrogens is 413 g/mol. The fraction of sp³-hybridized carbons (Fsp3) is 0.867. The van der Waals surface area contributed by atoms with Crippen molar-refractivity contribution in [3.8, 4) is 0 Å². The van der Waals surface area contributed by atoms with E-state index in [-0.39, 0.29) is 48.1 Å². The minimum Gasteiger partial charge on any atom is -0.469 e. The molecule has 2 saturated heterocycles. The van der Waals surface area contributed by atoms with Crippen molar-refractivity contribution >= 4 is 35.9 Å². The molecule has 0 amide bonds. The predicted molar refractivity (Wildman–Crippen MR) is 98.2 cm³/mol. The Hall–Kier alpha value is -0.610. The first-order chi connectivity index (χ1) is 10.7. The zero-order valence-electron chi connectivity index (χ0n) is 14.1. The number of halogens is 1. The molecule has 0 spiro atoms. The Balaban J connectivity index is 0.00000264. The van der Waals surface area contributed by atoms with Gasteiger partial charge in [0.05, 0.1) is 25.7 Å². The van der Waals surface area contributed by atoms with Gasteiger partial charge >= 0.3 is 5.97 Å². The van der Waals surface area contributed by atoms with Crippen molar-refractivity contribution in [2.75, 3.05) is 47.0 Å². The molecule has 2 heterocycles. The molecule has 7 nitrogen and oxygen atoms in total. The van der Waals surface area contributed by atoms with Gasteiger partial charge in [-0.1, -0.05) is 6.92 Å². The number of esters is 1. The van der Waals surface area contributed by atoms with Crippen molar-refractivity contribution in [1.29, 1.82) is 0 Å². The number of carbonyl (C=O) groups excluding carboxylic acids is 1. The Morgan fingerprint density at radius 2 is 2.13 bits per heavy atom. The smallest absolute Gasteiger partial charge is 0.310 e. The summed E-state index contributed by atoms with van der Waals surface area (Å²) < 4.78 is 16.3. The number of hydrogen-bond donors (Lipinski definition) is 1. The van der Waals surface area contributed by atoms with Crippen LogP contribution in [0.5, 0.6) is 0 Å². The van der Waals surface area contributed by atoms with Crippen molar-refractivity contribution in [3.63, 3.8) is 0 Å². The third-order valence-electron chi connectivity index (χ3n) is 4.15. The second-order valence-electron chi connectivity index (χ2n) is 5.76. The molecule has 23 heavy (non-hydrogen) atoms. The lowest BCUT2D eigenvalue weighted by atomic mass is 10.1. The van der Waals surface area contributed by atoms with E-state index in [4.69, 9.17) is 14.2 Å². The largest absolute Gasteiger partial charge is 0.469 e. The minimum absolute atomic E-state index is 0. The summed E-state index contributed by atoms with van der Waals surface area (Å²) in [6.07, 6.45) is 2.45. The molecule has 0 aliphatic carbocycles. The van der Waals surface area contributed by atoms with Crippen LogP contribution in [-0.4, -0.2) is 76.0 Å². The second-order valence-corrected chi connectivity index (χ2v) is 5.76. The molecule has 0 saturated carbocycles. The van der Waals surface area contributed by atoms with Gasteiger partial charge in [-0.25, -0.2) is 0 Å². The highest BCUT2D eigenvalue weighted by Gasteiger charge is 2.32. The van der Waals surface area contributed by atoms with E-state index in [0.29, 0.717) is 13.2 Å². The molecule has 0 radical (unpaired) electrons. The van der Waals surface area contributed by atoms with Crippen LogP contribution in [0.15, 0.2) is 4.99 Å². The predicted octanol–water partition coefficient (Wildman–Crippen LogP) is 0.869. The maximum Gasteiger partial charge on any atom is 0.310 e. The lowest BCUT2D eigenvalue weighted by Gasteiger charge is -2.37. The molecule has 2 aliphatic heterocycles. The average Bonchev–Trinajstić information content (AvgIpc) is 3.09. The molecule has 0 bridgehead atoms. The van der Waals surface area contributed by atoms with Crippen LogP contribution in [0.1, 0.15) is 19.8 Å². The average molecular weight is 441 g/mol. The number of nitrogens with one attached hydrogen (secondary N) is 1. The zero-order chi connectivity index (χ0) is 15.9. The Morgan fingerprint density at radius 3 is 2.74 bits per heavy atom. The van der Waals surface area contributed by atoms with Crippen LogP contribution in [-0.2, 0) is 19.0 Å². The summed E-state index contributed by atoms with van der Waals surface area (Å²) in [6.45, 7) is 5.38. The van der Waals surface area contributed by atoms with Gasteiger partial charge in [0.15, 0.2) is 5.96 Å². The topological polar surface area (TPSA) is 72.4 Å². The minimum atomic E-state index is -0.220. The third kappa shape index (κ3) is 5.75. The fourth-order valence-corrected chi connectivity index (χ4v) is 2.85. The Kier molecular flexibility index (Phi) is 9.15. The number of carbonyl (C=O) groups is 1. The van der Waals surface area contributed by atoms with Crippen molar-refractivity contribution in [1.82, 2.24) is 10.2 Å². The molecule has 2 aliphatic rings. The first-order valence-corrected chi connectivity index (χ1v) is 7.92. The lowest BCUT2D eigenvalue weighted by molar-refractivity contribution is -0.144. The van der Waals surface area contributed by atoms with E-state index in [0.717, 1.165) is 38.5 Å². The SMILES string of the molecule is CN=C(NCC(C)C(=O)OC)N1CCOC(C2CCCO2)C1.I. The molecule has 0 aromatic rings. The van der Waals surface area contributed by atoms with Crippen molar-refractivity contribution < 1.29 is 19.0 Å². The number of methoxy groups -OCH3 is 1. The van der Waals surface area contributed by atoms with Crippen LogP contribution in [0.3, 0.4) is 0 Å². The standard InChI is InChI=1S/C15H27N3O4.HI/c1-11(14(19)20-3)9-17-15(16-2)18-6-8-22-13(10-18)12-5-4-7-21-12;/h11-13H,4-10H2,1-3H3,(H,16,17);1H. The van der Waals surface area contributed by atoms with Crippen LogP contribution >= 0.6 is 24.0 Å². The molecular formula is C15H28IN3O4.